The number of thioether (sulfide) groups is 1. The third kappa shape index (κ3) is 28.0. The summed E-state index contributed by atoms with van der Waals surface area (Å²) < 4.78 is 89.7. The number of fused-ring (bicyclic) bond motifs is 5. The number of alkyl halides is 3. The minimum atomic E-state index is -4.53. The number of nitrogens with zero attached hydrogens (tertiary/aromatic N) is 5. The predicted molar refractivity (Wildman–Crippen MR) is 537 cm³/mol. The number of ether oxygens (including phenoxy) is 1. The van der Waals surface area contributed by atoms with Crippen LogP contribution in [0.3, 0.4) is 0 Å². The van der Waals surface area contributed by atoms with Crippen LogP contribution in [-0.2, 0) is 65.4 Å². The summed E-state index contributed by atoms with van der Waals surface area (Å²) in [6.07, 6.45) is 7.16. The number of hydrogen-bond acceptors (Lipinski definition) is 17. The van der Waals surface area contributed by atoms with Crippen molar-refractivity contribution >= 4 is 137 Å². The van der Waals surface area contributed by atoms with Gasteiger partial charge in [0.2, 0.25) is 5.91 Å². The molecular formula is C101H101BF3N8O16P3S3. The number of aromatic hydroxyl groups is 1. The van der Waals surface area contributed by atoms with Crippen LogP contribution in [-0.4, -0.2) is 123 Å². The lowest BCUT2D eigenvalue weighted by Crippen LogP contribution is -2.39. The molecule has 7 N–H and O–H groups in total. The fourth-order valence-electron chi connectivity index (χ4n) is 15.3. The standard InChI is InChI=1S/C26H22N4O3.C24H30N2O6S.C18H10F3NO3S2.C18H20O2.C14H12O2.CH5P.BH2NP2/c1-15-13-14-19(33-15)21-24-23-20(25(31)29(3)26(32)28(23)2)22(16-9-5-4-6-10-16)30(24)18-12-8-7-11-17(18)27-21;1-32-22-12-9-19(27)15-21(22)24(29)25-14-13-17-7-10-20(11-8-17)33(30,31)16-23(28)26-18-5-3-2-4-6-18;19-18(20,21)12-2-1-3-13(9-12)22-15(23)14(27-17(22)26)8-10-4-6-11(7-5-10)16(24)25;1-14-11-12-16(17(13-14)18(19)20)10-6-5-9-15-7-3-2-4-8-15;15-14(16)13-9-5-4-8-12(13)10-11-6-2-1-3-7-11;1-2;1-4-2-3/h4-14,21,27H,1-3H3;7-12,15,18,27H,2-6,13-14,16H2,1H3,(H,25,29)(H,26,28);1-9H,(H,24,25);2-4,7-8,11-13H,5-6,9-10H2,1H3,(H,19,20);1-9H,10H2,(H,15,16);2H2,1H3;3H2/b;;14-8-;;;;/i;;;;;2D;. The van der Waals surface area contributed by atoms with E-state index in [1.54, 1.807) is 41.9 Å². The van der Waals surface area contributed by atoms with Crippen LogP contribution < -0.4 is 36.8 Å². The van der Waals surface area contributed by atoms with Gasteiger partial charge in [-0.2, -0.15) is 13.2 Å². The number of carboxylic acid groups (broad SMARTS) is 3. The molecule has 3 amide bonds. The Bertz CT molecular complexity index is 6710. The quantitative estimate of drug-likeness (QED) is 0.0103. The first kappa shape index (κ1) is 102. The Morgan fingerprint density at radius 1 is 0.696 bits per heavy atom. The highest BCUT2D eigenvalue weighted by Crippen LogP contribution is 2.46. The summed E-state index contributed by atoms with van der Waals surface area (Å²) in [5, 5.41) is 46.5. The highest BCUT2D eigenvalue weighted by atomic mass is 32.2. The number of aromatic carboxylic acids is 3. The molecule has 16 rings (SSSR count). The van der Waals surface area contributed by atoms with Gasteiger partial charge in [-0.05, 0) is 217 Å². The molecule has 3 aliphatic rings. The molecule has 1 aliphatic carbocycles. The van der Waals surface area contributed by atoms with E-state index in [0.717, 1.165) is 154 Å². The van der Waals surface area contributed by atoms with Crippen molar-refractivity contribution < 1.29 is 79.9 Å². The molecule has 698 valence electrons. The minimum absolute atomic E-state index is 0.0369. The highest BCUT2D eigenvalue weighted by molar-refractivity contribution is 8.27. The number of aryl methyl sites for hydroxylation is 5. The van der Waals surface area contributed by atoms with E-state index in [1.807, 2.05) is 148 Å². The number of para-hydroxylation sites is 2. The van der Waals surface area contributed by atoms with Crippen LogP contribution in [0.15, 0.2) is 289 Å². The Morgan fingerprint density at radius 2 is 1.31 bits per heavy atom. The number of furan rings is 1. The summed E-state index contributed by atoms with van der Waals surface area (Å²) in [7, 11) is 8.83. The first-order valence-corrected chi connectivity index (χ1v) is 48.0. The lowest BCUT2D eigenvalue weighted by atomic mass is 9.95. The monoisotopic (exact) mass is 1940 g/mol. The molecule has 2 aliphatic heterocycles. The molecule has 0 spiro atoms. The topological polar surface area (TPSA) is 340 Å². The molecule has 5 heterocycles. The molecule has 3 aromatic heterocycles. The number of amides is 3. The van der Waals surface area contributed by atoms with Crippen molar-refractivity contribution in [3.8, 4) is 28.4 Å². The molecular weight excluding hydrogens is 1840 g/mol. The van der Waals surface area contributed by atoms with E-state index in [1.165, 1.54) is 97.1 Å². The van der Waals surface area contributed by atoms with Crippen molar-refractivity contribution in [1.82, 2.24) is 24.3 Å². The van der Waals surface area contributed by atoms with E-state index in [2.05, 4.69) is 58.7 Å². The maximum absolute atomic E-state index is 13.6. The smallest absolute Gasteiger partial charge is 0.416 e. The number of nitrogens with one attached hydrogen (secondary N) is 3. The number of carbonyl (C=O) groups excluding carboxylic acids is 3. The number of hydrogen-bond donors (Lipinski definition) is 7. The fraction of sp³-hybridized carbons (Fsp3) is 0.218. The van der Waals surface area contributed by atoms with Crippen molar-refractivity contribution in [3.63, 3.8) is 0 Å². The van der Waals surface area contributed by atoms with Gasteiger partial charge < -0.3 is 50.1 Å². The van der Waals surface area contributed by atoms with Gasteiger partial charge in [0, 0.05) is 26.7 Å². The van der Waals surface area contributed by atoms with Crippen LogP contribution in [0.2, 0.25) is 0 Å². The van der Waals surface area contributed by atoms with Gasteiger partial charge in [-0.3, -0.25) is 37.7 Å². The van der Waals surface area contributed by atoms with Gasteiger partial charge in [-0.25, -0.2) is 27.6 Å². The summed E-state index contributed by atoms with van der Waals surface area (Å²) in [5.41, 5.74) is 11.2. The second-order valence-corrected chi connectivity index (χ2v) is 35.9. The molecule has 2 fully saturated rings. The van der Waals surface area contributed by atoms with E-state index in [9.17, 15) is 70.2 Å². The zero-order valence-electron chi connectivity index (χ0n) is 75.6. The van der Waals surface area contributed by atoms with Crippen molar-refractivity contribution in [2.75, 3.05) is 36.3 Å². The minimum Gasteiger partial charge on any atom is -0.508 e. The van der Waals surface area contributed by atoms with Crippen LogP contribution in [0.25, 0.3) is 33.9 Å². The van der Waals surface area contributed by atoms with Crippen LogP contribution >= 0.6 is 50.8 Å². The van der Waals surface area contributed by atoms with Crippen molar-refractivity contribution in [1.29, 1.82) is 1.28 Å². The number of methoxy groups -OCH3 is 1. The number of rotatable bonds is 23. The SMILES string of the molecule is COc1ccc(O)cc1C(=O)NCCc1ccc(S(=O)(=O)CC(=O)NC2CCCCC2)cc1.Cc1ccc(C2Nc3ccccc3-n3c(-c4ccccc4)c4c(=O)n(C)c(=O)n(C)c4c32)o1.Cc1ccc(CCCCc2ccccc2)c(C(=O)O)c1.O=C(O)c1ccc(/C=C2\SC(=S)N(c3cccc(C(F)(F)F)c3)C2=O)cc1.O=C(O)c1ccccc1Cc1ccccc1.[2H]PC.[B]P=NP. The Kier molecular flexibility index (Phi) is 37.7. The zero-order valence-corrected chi connectivity index (χ0v) is 80.1. The normalized spacial score (nSPS) is 13.6. The first-order valence-electron chi connectivity index (χ1n) is 43.2. The maximum atomic E-state index is 13.6. The molecule has 0 bridgehead atoms. The van der Waals surface area contributed by atoms with E-state index < -0.39 is 57.1 Å². The molecule has 34 heteroatoms. The van der Waals surface area contributed by atoms with Crippen molar-refractivity contribution in [2.24, 2.45) is 18.6 Å². The van der Waals surface area contributed by atoms with Crippen LogP contribution in [0.1, 0.15) is 154 Å². The second-order valence-electron chi connectivity index (χ2n) is 31.1. The first-order chi connectivity index (χ1) is 65.2. The number of anilines is 2. The molecule has 2 radical (unpaired) electrons. The van der Waals surface area contributed by atoms with Gasteiger partial charge in [0.05, 0.1) is 85.4 Å². The number of phenols is 1. The van der Waals surface area contributed by atoms with Gasteiger partial charge in [0.25, 0.3) is 17.4 Å². The Labute approximate surface area is 798 Å². The van der Waals surface area contributed by atoms with Crippen LogP contribution in [0.4, 0.5) is 24.5 Å². The van der Waals surface area contributed by atoms with Crippen molar-refractivity contribution in [2.45, 2.75) is 108 Å². The third-order valence-corrected chi connectivity index (χ3v) is 25.3. The molecule has 1 saturated carbocycles. The zero-order chi connectivity index (χ0) is 98.3. The Hall–Kier alpha value is -13.1. The van der Waals surface area contributed by atoms with E-state index in [-0.39, 0.29) is 65.9 Å². The van der Waals surface area contributed by atoms with Gasteiger partial charge in [-0.1, -0.05) is 228 Å². The predicted octanol–water partition coefficient (Wildman–Crippen LogP) is 20.2. The summed E-state index contributed by atoms with van der Waals surface area (Å²) in [5.74, 6) is -2.89. The van der Waals surface area contributed by atoms with Gasteiger partial charge in [-0.15, -0.1) is 9.18 Å². The van der Waals surface area contributed by atoms with Crippen molar-refractivity contribution in [3.05, 3.63) is 371 Å². The van der Waals surface area contributed by atoms with E-state index in [4.69, 9.17) is 40.4 Å². The molecule has 13 aromatic rings. The average Bonchev–Trinajstić information content (AvgIpc) is 1.54. The van der Waals surface area contributed by atoms with E-state index >= 15 is 0 Å². The average molecular weight is 1940 g/mol. The number of sulfone groups is 1. The molecule has 1 saturated heterocycles. The number of phenolic OH excluding ortho intramolecular Hbond substituents is 1. The largest absolute Gasteiger partial charge is 0.508 e. The highest BCUT2D eigenvalue weighted by Gasteiger charge is 2.39. The molecule has 3 unspecified atom stereocenters. The Morgan fingerprint density at radius 3 is 1.93 bits per heavy atom. The maximum Gasteiger partial charge on any atom is 0.416 e. The van der Waals surface area contributed by atoms with Gasteiger partial charge in [0.1, 0.15) is 34.8 Å². The molecule has 3 atom stereocenters. The lowest BCUT2D eigenvalue weighted by molar-refractivity contribution is -0.137. The number of aromatic nitrogens is 3. The van der Waals surface area contributed by atoms with Crippen LogP contribution in [0, 0.1) is 13.8 Å². The molecule has 10 aromatic carbocycles. The van der Waals surface area contributed by atoms with E-state index in [0.29, 0.717) is 70.2 Å². The summed E-state index contributed by atoms with van der Waals surface area (Å²) in [4.78, 5) is 98.3. The third-order valence-electron chi connectivity index (χ3n) is 21.9. The summed E-state index contributed by atoms with van der Waals surface area (Å²) >= 11 is 6.12. The molecule has 24 nitrogen and oxygen atoms in total. The lowest BCUT2D eigenvalue weighted by Gasteiger charge is -2.29. The van der Waals surface area contributed by atoms with Crippen LogP contribution in [0.5, 0.6) is 11.5 Å². The van der Waals surface area contributed by atoms with Gasteiger partial charge in [0.15, 0.2) is 21.7 Å². The number of thiocarbonyl (C=S) groups is 1. The fourth-order valence-corrected chi connectivity index (χ4v) is 17.8. The number of carboxylic acids is 3. The second kappa shape index (κ2) is 49.7. The summed E-state index contributed by atoms with van der Waals surface area (Å²) in [6, 6.07) is 75.2. The van der Waals surface area contributed by atoms with Gasteiger partial charge >= 0.3 is 29.8 Å². The molecule has 135 heavy (non-hydrogen) atoms. The number of halogens is 3. The number of unbranched alkanes of at least 4 members (excludes halogenated alkanes) is 1. The Balaban J connectivity index is 0.000000176. The number of benzene rings is 10. The summed E-state index contributed by atoms with van der Waals surface area (Å²) in [6.45, 7) is 5.96. The number of carbonyl (C=O) groups is 6.